The molecular formula is C25H25Cl2FN4O3. The molecule has 1 atom stereocenters. The number of hydrogen-bond donors (Lipinski definition) is 3. The lowest BCUT2D eigenvalue weighted by Gasteiger charge is -2.20. The molecule has 0 saturated carbocycles. The second-order valence-corrected chi connectivity index (χ2v) is 8.74. The highest BCUT2D eigenvalue weighted by Gasteiger charge is 2.21. The van der Waals surface area contributed by atoms with Crippen LogP contribution in [-0.4, -0.2) is 41.4 Å². The van der Waals surface area contributed by atoms with Crippen molar-refractivity contribution in [3.8, 4) is 22.6 Å². The molecule has 0 spiro atoms. The summed E-state index contributed by atoms with van der Waals surface area (Å²) < 4.78 is 25.8. The predicted molar refractivity (Wildman–Crippen MR) is 135 cm³/mol. The summed E-state index contributed by atoms with van der Waals surface area (Å²) >= 11 is 12.4. The van der Waals surface area contributed by atoms with Crippen LogP contribution in [0, 0.1) is 5.82 Å². The van der Waals surface area contributed by atoms with E-state index in [1.165, 1.54) is 12.1 Å². The van der Waals surface area contributed by atoms with Crippen LogP contribution in [-0.2, 0) is 0 Å². The molecule has 184 valence electrons. The summed E-state index contributed by atoms with van der Waals surface area (Å²) in [6.45, 7) is 3.34. The number of halogens is 3. The van der Waals surface area contributed by atoms with Gasteiger partial charge in [-0.2, -0.15) is 0 Å². The number of anilines is 1. The fraction of sp³-hybridized carbons (Fsp3) is 0.280. The van der Waals surface area contributed by atoms with Crippen LogP contribution in [0.1, 0.15) is 30.7 Å². The molecule has 7 nitrogen and oxygen atoms in total. The number of pyridine rings is 2. The van der Waals surface area contributed by atoms with Crippen molar-refractivity contribution in [3.05, 3.63) is 69.9 Å². The molecule has 4 rings (SSSR count). The summed E-state index contributed by atoms with van der Waals surface area (Å²) in [6.07, 6.45) is 5.54. The van der Waals surface area contributed by atoms with Gasteiger partial charge in [0.25, 0.3) is 0 Å². The van der Waals surface area contributed by atoms with Crippen LogP contribution >= 0.6 is 23.2 Å². The van der Waals surface area contributed by atoms with Crippen LogP contribution < -0.4 is 20.5 Å². The van der Waals surface area contributed by atoms with E-state index in [4.69, 9.17) is 38.4 Å². The molecule has 1 aliphatic heterocycles. The van der Waals surface area contributed by atoms with Crippen molar-refractivity contribution in [3.63, 3.8) is 0 Å². The Balaban J connectivity index is 1.66. The number of ether oxygens (including phenoxy) is 2. The van der Waals surface area contributed by atoms with Crippen molar-refractivity contribution >= 4 is 34.6 Å². The molecule has 0 bridgehead atoms. The Labute approximate surface area is 212 Å². The number of benzene rings is 1. The van der Waals surface area contributed by atoms with Gasteiger partial charge in [-0.1, -0.05) is 29.3 Å². The molecule has 35 heavy (non-hydrogen) atoms. The van der Waals surface area contributed by atoms with Gasteiger partial charge in [0.2, 0.25) is 0 Å². The van der Waals surface area contributed by atoms with Crippen LogP contribution in [0.4, 0.5) is 10.2 Å². The third-order valence-electron chi connectivity index (χ3n) is 5.57. The Morgan fingerprint density at radius 2 is 1.91 bits per heavy atom. The van der Waals surface area contributed by atoms with E-state index in [2.05, 4.69) is 21.4 Å². The third-order valence-corrected chi connectivity index (χ3v) is 6.29. The fourth-order valence-electron chi connectivity index (χ4n) is 3.82. The second-order valence-electron chi connectivity index (χ2n) is 7.95. The van der Waals surface area contributed by atoms with Gasteiger partial charge >= 0.3 is 0 Å². The van der Waals surface area contributed by atoms with Gasteiger partial charge in [-0.25, -0.2) is 9.37 Å². The lowest BCUT2D eigenvalue weighted by atomic mass is 10.0. The monoisotopic (exact) mass is 518 g/mol. The first-order valence-corrected chi connectivity index (χ1v) is 11.8. The maximum atomic E-state index is 14.0. The molecule has 3 aromatic rings. The highest BCUT2D eigenvalue weighted by Crippen LogP contribution is 2.38. The summed E-state index contributed by atoms with van der Waals surface area (Å²) in [5.41, 5.74) is 9.62. The number of nitrogens with one attached hydrogen (secondary N) is 1. The first kappa shape index (κ1) is 25.2. The second kappa shape index (κ2) is 11.2. The Morgan fingerprint density at radius 3 is 2.63 bits per heavy atom. The number of rotatable bonds is 8. The number of aliphatic hydroxyl groups is 1. The molecule has 0 fully saturated rings. The summed E-state index contributed by atoms with van der Waals surface area (Å²) in [5.74, 6) is 0.419. The van der Waals surface area contributed by atoms with Gasteiger partial charge in [0.15, 0.2) is 11.6 Å². The molecular weight excluding hydrogens is 494 g/mol. The molecule has 1 unspecified atom stereocenters. The lowest BCUT2D eigenvalue weighted by molar-refractivity contribution is 0.200. The number of hydrogen-bond acceptors (Lipinski definition) is 7. The zero-order valence-electron chi connectivity index (χ0n) is 19.0. The summed E-state index contributed by atoms with van der Waals surface area (Å²) in [4.78, 5) is 8.90. The normalized spacial score (nSPS) is 14.4. The van der Waals surface area contributed by atoms with E-state index < -0.39 is 11.9 Å². The fourth-order valence-corrected chi connectivity index (χ4v) is 4.50. The van der Waals surface area contributed by atoms with Gasteiger partial charge < -0.3 is 25.6 Å². The van der Waals surface area contributed by atoms with E-state index in [9.17, 15) is 9.50 Å². The SMILES string of the molecule is CC(Oc1cc(-c2cnc(C3=CCNCC3)c(OCCO)c2)cnc1N)c1c(Cl)ccc(F)c1Cl. The Bertz CT molecular complexity index is 1260. The molecule has 0 saturated heterocycles. The van der Waals surface area contributed by atoms with Crippen LogP contribution in [0.15, 0.2) is 42.7 Å². The number of aromatic nitrogens is 2. The Hall–Kier alpha value is -2.91. The van der Waals surface area contributed by atoms with Crippen LogP contribution in [0.25, 0.3) is 16.7 Å². The molecule has 10 heteroatoms. The third kappa shape index (κ3) is 5.67. The van der Waals surface area contributed by atoms with Gasteiger partial charge in [-0.05, 0) is 49.7 Å². The maximum absolute atomic E-state index is 14.0. The first-order valence-electron chi connectivity index (χ1n) is 11.1. The highest BCUT2D eigenvalue weighted by molar-refractivity contribution is 6.36. The molecule has 1 aliphatic rings. The van der Waals surface area contributed by atoms with Crippen molar-refractivity contribution in [1.29, 1.82) is 0 Å². The summed E-state index contributed by atoms with van der Waals surface area (Å²) in [7, 11) is 0. The minimum absolute atomic E-state index is 0.106. The topological polar surface area (TPSA) is 103 Å². The van der Waals surface area contributed by atoms with Crippen LogP contribution in [0.5, 0.6) is 11.5 Å². The van der Waals surface area contributed by atoms with E-state index in [0.29, 0.717) is 16.9 Å². The number of aliphatic hydroxyl groups excluding tert-OH is 1. The van der Waals surface area contributed by atoms with Crippen molar-refractivity contribution in [2.75, 3.05) is 32.0 Å². The highest BCUT2D eigenvalue weighted by atomic mass is 35.5. The number of nitrogen functional groups attached to an aromatic ring is 1. The number of nitrogens with zero attached hydrogens (tertiary/aromatic N) is 2. The smallest absolute Gasteiger partial charge is 0.166 e. The van der Waals surface area contributed by atoms with Crippen molar-refractivity contribution in [1.82, 2.24) is 15.3 Å². The number of nitrogens with two attached hydrogens (primary N) is 1. The molecule has 1 aromatic carbocycles. The predicted octanol–water partition coefficient (Wildman–Crippen LogP) is 5.06. The van der Waals surface area contributed by atoms with Crippen LogP contribution in [0.3, 0.4) is 0 Å². The van der Waals surface area contributed by atoms with Crippen LogP contribution in [0.2, 0.25) is 10.0 Å². The van der Waals surface area contributed by atoms with Gasteiger partial charge in [0.1, 0.15) is 30.0 Å². The lowest BCUT2D eigenvalue weighted by Crippen LogP contribution is -2.20. The largest absolute Gasteiger partial charge is 0.489 e. The standard InChI is InChI=1S/C25H25Cl2FN4O3/c1-14(22-18(26)2-3-19(28)23(22)27)35-21-11-17(13-32-25(21)29)16-10-20(34-9-8-33)24(31-12-16)15-4-6-30-7-5-15/h2-4,10-14,30,33H,5-9H2,1H3,(H2,29,32). The van der Waals surface area contributed by atoms with Crippen molar-refractivity contribution in [2.24, 2.45) is 0 Å². The molecule has 2 aromatic heterocycles. The van der Waals surface area contributed by atoms with Gasteiger partial charge in [-0.15, -0.1) is 0 Å². The quantitative estimate of drug-likeness (QED) is 0.358. The van der Waals surface area contributed by atoms with E-state index in [1.54, 1.807) is 25.4 Å². The maximum Gasteiger partial charge on any atom is 0.166 e. The average molecular weight is 519 g/mol. The Morgan fingerprint density at radius 1 is 1.17 bits per heavy atom. The Kier molecular flexibility index (Phi) is 8.07. The van der Waals surface area contributed by atoms with Gasteiger partial charge in [-0.3, -0.25) is 4.98 Å². The van der Waals surface area contributed by atoms with E-state index >= 15 is 0 Å². The van der Waals surface area contributed by atoms with E-state index in [-0.39, 0.29) is 34.8 Å². The van der Waals surface area contributed by atoms with Crippen molar-refractivity contribution in [2.45, 2.75) is 19.4 Å². The average Bonchev–Trinajstić information content (AvgIpc) is 2.87. The van der Waals surface area contributed by atoms with E-state index in [0.717, 1.165) is 36.3 Å². The molecule has 0 radical (unpaired) electrons. The molecule has 0 aliphatic carbocycles. The first-order chi connectivity index (χ1) is 16.9. The van der Waals surface area contributed by atoms with Crippen molar-refractivity contribution < 1.29 is 19.0 Å². The molecule has 3 heterocycles. The van der Waals surface area contributed by atoms with Gasteiger partial charge in [0, 0.05) is 40.7 Å². The zero-order valence-corrected chi connectivity index (χ0v) is 20.5. The zero-order chi connectivity index (χ0) is 24.9. The summed E-state index contributed by atoms with van der Waals surface area (Å²) in [6, 6.07) is 6.19. The van der Waals surface area contributed by atoms with E-state index in [1.807, 2.05) is 6.07 Å². The minimum atomic E-state index is -0.694. The molecule has 0 amide bonds. The summed E-state index contributed by atoms with van der Waals surface area (Å²) in [5, 5.41) is 12.7. The molecule has 4 N–H and O–H groups in total. The van der Waals surface area contributed by atoms with Gasteiger partial charge in [0.05, 0.1) is 11.6 Å². The minimum Gasteiger partial charge on any atom is -0.489 e.